The van der Waals surface area contributed by atoms with Crippen LogP contribution in [0, 0.1) is 40.2 Å². The van der Waals surface area contributed by atoms with Gasteiger partial charge in [0.1, 0.15) is 11.9 Å². The molecule has 0 radical (unpaired) electrons. The van der Waals surface area contributed by atoms with Crippen molar-refractivity contribution in [2.75, 3.05) is 0 Å². The maximum atomic E-state index is 13.8. The standard InChI is InChI=1S/C21H16Br2F2N2O3/c1-21(2)12(9-17(22)23)19(21)20(28)30-16(10-26)14-4-3-5-18(27-14)29-15-7-6-11(24)8-13(15)25/h3-9,12,16,19H,1-2H3. The van der Waals surface area contributed by atoms with Crippen LogP contribution < -0.4 is 4.74 Å². The van der Waals surface area contributed by atoms with Crippen molar-refractivity contribution in [1.82, 2.24) is 4.98 Å². The zero-order valence-electron chi connectivity index (χ0n) is 15.9. The van der Waals surface area contributed by atoms with Crippen LogP contribution in [0.2, 0.25) is 0 Å². The molecule has 1 aliphatic carbocycles. The molecule has 0 saturated heterocycles. The molecule has 0 spiro atoms. The van der Waals surface area contributed by atoms with Gasteiger partial charge in [-0.2, -0.15) is 5.26 Å². The summed E-state index contributed by atoms with van der Waals surface area (Å²) in [4.78, 5) is 16.8. The first-order valence-electron chi connectivity index (χ1n) is 8.86. The lowest BCUT2D eigenvalue weighted by atomic mass is 10.1. The SMILES string of the molecule is CC1(C)C(C=C(Br)Br)C1C(=O)OC(C#N)c1cccc(Oc2ccc(F)cc2F)n1. The van der Waals surface area contributed by atoms with E-state index in [9.17, 15) is 18.8 Å². The summed E-state index contributed by atoms with van der Waals surface area (Å²) in [5.74, 6) is -2.81. The van der Waals surface area contributed by atoms with Crippen molar-refractivity contribution < 1.29 is 23.0 Å². The molecule has 5 nitrogen and oxygen atoms in total. The van der Waals surface area contributed by atoms with E-state index in [-0.39, 0.29) is 28.7 Å². The highest BCUT2D eigenvalue weighted by Crippen LogP contribution is 2.60. The van der Waals surface area contributed by atoms with Gasteiger partial charge in [0, 0.05) is 12.1 Å². The first kappa shape index (κ1) is 22.4. The molecule has 1 aromatic heterocycles. The van der Waals surface area contributed by atoms with Gasteiger partial charge >= 0.3 is 5.97 Å². The summed E-state index contributed by atoms with van der Waals surface area (Å²) in [6.45, 7) is 3.88. The second-order valence-electron chi connectivity index (χ2n) is 7.30. The molecule has 2 aromatic rings. The van der Waals surface area contributed by atoms with E-state index < -0.39 is 29.6 Å². The molecule has 0 bridgehead atoms. The minimum Gasteiger partial charge on any atom is -0.440 e. The predicted molar refractivity (Wildman–Crippen MR) is 112 cm³/mol. The second kappa shape index (κ2) is 8.82. The molecule has 1 fully saturated rings. The Hall–Kier alpha value is -2.31. The Labute approximate surface area is 189 Å². The van der Waals surface area contributed by atoms with Gasteiger partial charge in [-0.15, -0.1) is 0 Å². The van der Waals surface area contributed by atoms with Crippen LogP contribution in [0.25, 0.3) is 0 Å². The molecule has 3 atom stereocenters. The Morgan fingerprint density at radius 1 is 1.30 bits per heavy atom. The van der Waals surface area contributed by atoms with Gasteiger partial charge in [0.25, 0.3) is 0 Å². The van der Waals surface area contributed by atoms with Crippen LogP contribution in [0.1, 0.15) is 25.6 Å². The first-order valence-corrected chi connectivity index (χ1v) is 10.4. The number of hydrogen-bond acceptors (Lipinski definition) is 5. The molecule has 1 heterocycles. The monoisotopic (exact) mass is 540 g/mol. The lowest BCUT2D eigenvalue weighted by Gasteiger charge is -2.13. The van der Waals surface area contributed by atoms with Crippen molar-refractivity contribution in [3.63, 3.8) is 0 Å². The van der Waals surface area contributed by atoms with Crippen LogP contribution in [0.15, 0.2) is 45.9 Å². The quantitative estimate of drug-likeness (QED) is 0.409. The van der Waals surface area contributed by atoms with Crippen molar-refractivity contribution in [3.8, 4) is 17.7 Å². The van der Waals surface area contributed by atoms with Gasteiger partial charge in [-0.25, -0.2) is 13.8 Å². The van der Waals surface area contributed by atoms with E-state index in [1.54, 1.807) is 0 Å². The van der Waals surface area contributed by atoms with Gasteiger partial charge in [0.2, 0.25) is 12.0 Å². The van der Waals surface area contributed by atoms with E-state index in [0.717, 1.165) is 15.5 Å². The zero-order chi connectivity index (χ0) is 22.1. The molecule has 30 heavy (non-hydrogen) atoms. The molecule has 1 aromatic carbocycles. The summed E-state index contributed by atoms with van der Waals surface area (Å²) in [5.41, 5.74) is -0.166. The Balaban J connectivity index is 1.75. The smallest absolute Gasteiger partial charge is 0.311 e. The number of rotatable bonds is 6. The number of esters is 1. The highest BCUT2D eigenvalue weighted by Gasteiger charge is 2.61. The highest BCUT2D eigenvalue weighted by molar-refractivity contribution is 9.28. The molecule has 9 heteroatoms. The van der Waals surface area contributed by atoms with Crippen molar-refractivity contribution in [2.24, 2.45) is 17.3 Å². The summed E-state index contributed by atoms with van der Waals surface area (Å²) < 4.78 is 38.3. The fourth-order valence-corrected chi connectivity index (χ4v) is 3.79. The number of carbonyl (C=O) groups is 1. The van der Waals surface area contributed by atoms with Crippen molar-refractivity contribution >= 4 is 37.8 Å². The van der Waals surface area contributed by atoms with Crippen molar-refractivity contribution in [2.45, 2.75) is 20.0 Å². The van der Waals surface area contributed by atoms with E-state index in [1.807, 2.05) is 26.0 Å². The molecule has 156 valence electrons. The van der Waals surface area contributed by atoms with Crippen LogP contribution in [0.4, 0.5) is 8.78 Å². The first-order chi connectivity index (χ1) is 14.1. The maximum Gasteiger partial charge on any atom is 0.311 e. The number of nitriles is 1. The molecule has 0 aliphatic heterocycles. The molecule has 3 unspecified atom stereocenters. The summed E-state index contributed by atoms with van der Waals surface area (Å²) in [6, 6.07) is 9.25. The average Bonchev–Trinajstić information content (AvgIpc) is 3.21. The normalized spacial score (nSPS) is 19.9. The van der Waals surface area contributed by atoms with E-state index in [2.05, 4.69) is 36.8 Å². The number of aromatic nitrogens is 1. The van der Waals surface area contributed by atoms with Crippen LogP contribution >= 0.6 is 31.9 Å². The summed E-state index contributed by atoms with van der Waals surface area (Å²) >= 11 is 6.58. The Morgan fingerprint density at radius 2 is 2.03 bits per heavy atom. The third-order valence-electron chi connectivity index (χ3n) is 4.94. The van der Waals surface area contributed by atoms with Gasteiger partial charge in [0.15, 0.2) is 11.6 Å². The molecule has 0 N–H and O–H groups in total. The number of pyridine rings is 1. The Bertz CT molecular complexity index is 1050. The van der Waals surface area contributed by atoms with Crippen LogP contribution in [0.3, 0.4) is 0 Å². The van der Waals surface area contributed by atoms with E-state index in [0.29, 0.717) is 6.07 Å². The largest absolute Gasteiger partial charge is 0.440 e. The number of carbonyl (C=O) groups excluding carboxylic acids is 1. The Morgan fingerprint density at radius 3 is 2.67 bits per heavy atom. The highest BCUT2D eigenvalue weighted by atomic mass is 79.9. The number of halogens is 4. The van der Waals surface area contributed by atoms with Gasteiger partial charge in [-0.3, -0.25) is 4.79 Å². The third-order valence-corrected chi connectivity index (χ3v) is 5.47. The van der Waals surface area contributed by atoms with Crippen molar-refractivity contribution in [3.05, 3.63) is 63.2 Å². The third kappa shape index (κ3) is 4.87. The zero-order valence-corrected chi connectivity index (χ0v) is 19.1. The van der Waals surface area contributed by atoms with Crippen LogP contribution in [-0.4, -0.2) is 11.0 Å². The number of benzene rings is 1. The molecule has 1 saturated carbocycles. The lowest BCUT2D eigenvalue weighted by molar-refractivity contribution is -0.149. The fraction of sp³-hybridized carbons (Fsp3) is 0.286. The minimum absolute atomic E-state index is 0.0231. The summed E-state index contributed by atoms with van der Waals surface area (Å²) in [6.07, 6.45) is 0.615. The van der Waals surface area contributed by atoms with E-state index >= 15 is 0 Å². The summed E-state index contributed by atoms with van der Waals surface area (Å²) in [5, 5.41) is 9.49. The van der Waals surface area contributed by atoms with E-state index in [4.69, 9.17) is 9.47 Å². The molecular weight excluding hydrogens is 526 g/mol. The number of nitrogens with zero attached hydrogens (tertiary/aromatic N) is 2. The van der Waals surface area contributed by atoms with Gasteiger partial charge < -0.3 is 9.47 Å². The molecule has 3 rings (SSSR count). The number of hydrogen-bond donors (Lipinski definition) is 0. The fourth-order valence-electron chi connectivity index (χ4n) is 3.22. The van der Waals surface area contributed by atoms with Crippen LogP contribution in [-0.2, 0) is 9.53 Å². The number of ether oxygens (including phenoxy) is 2. The molecule has 1 aliphatic rings. The van der Waals surface area contributed by atoms with Crippen LogP contribution in [0.5, 0.6) is 11.6 Å². The number of allylic oxidation sites excluding steroid dienone is 1. The predicted octanol–water partition coefficient (Wildman–Crippen LogP) is 6.16. The van der Waals surface area contributed by atoms with E-state index in [1.165, 1.54) is 18.2 Å². The van der Waals surface area contributed by atoms with Crippen molar-refractivity contribution in [1.29, 1.82) is 5.26 Å². The topological polar surface area (TPSA) is 72.2 Å². The Kier molecular flexibility index (Phi) is 6.58. The summed E-state index contributed by atoms with van der Waals surface area (Å²) in [7, 11) is 0. The molecular formula is C21H16Br2F2N2O3. The average molecular weight is 542 g/mol. The second-order valence-corrected chi connectivity index (χ2v) is 10.1. The lowest BCUT2D eigenvalue weighted by Crippen LogP contribution is -2.15. The van der Waals surface area contributed by atoms with Gasteiger partial charge in [-0.1, -0.05) is 26.0 Å². The van der Waals surface area contributed by atoms with Gasteiger partial charge in [0.05, 0.1) is 15.0 Å². The maximum absolute atomic E-state index is 13.8. The van der Waals surface area contributed by atoms with Gasteiger partial charge in [-0.05, 0) is 61.4 Å². The molecule has 0 amide bonds. The minimum atomic E-state index is -1.26.